The Morgan fingerprint density at radius 3 is 2.26 bits per heavy atom. The van der Waals surface area contributed by atoms with E-state index in [1.165, 1.54) is 16.8 Å². The molecule has 1 aliphatic heterocycles. The highest BCUT2D eigenvalue weighted by atomic mass is 19.4. The molecule has 1 aliphatic carbocycles. The normalized spacial score (nSPS) is 18.5. The molecule has 1 saturated carbocycles. The van der Waals surface area contributed by atoms with Crippen molar-refractivity contribution in [2.45, 2.75) is 56.8 Å². The van der Waals surface area contributed by atoms with Crippen LogP contribution in [0.3, 0.4) is 0 Å². The smallest absolute Gasteiger partial charge is 0.406 e. The molecule has 2 aliphatic rings. The summed E-state index contributed by atoms with van der Waals surface area (Å²) >= 11 is 0. The van der Waals surface area contributed by atoms with Crippen molar-refractivity contribution in [1.29, 1.82) is 0 Å². The molecule has 1 amide bonds. The van der Waals surface area contributed by atoms with Gasteiger partial charge < -0.3 is 9.64 Å². The molecule has 1 aromatic carbocycles. The maximum atomic E-state index is 12.8. The topological polar surface area (TPSA) is 69.4 Å². The van der Waals surface area contributed by atoms with E-state index in [-0.39, 0.29) is 29.3 Å². The number of nitrogens with zero attached hydrogens (tertiary/aromatic N) is 4. The lowest BCUT2D eigenvalue weighted by Gasteiger charge is -2.32. The Morgan fingerprint density at radius 2 is 1.68 bits per heavy atom. The lowest BCUT2D eigenvalue weighted by atomic mass is 9.95. The third kappa shape index (κ3) is 4.62. The fourth-order valence-electron chi connectivity index (χ4n) is 4.61. The number of rotatable bonds is 4. The summed E-state index contributed by atoms with van der Waals surface area (Å²) in [6, 6.07) is 5.16. The monoisotopic (exact) mass is 438 g/mol. The zero-order valence-electron chi connectivity index (χ0n) is 17.3. The van der Waals surface area contributed by atoms with Crippen LogP contribution in [0.25, 0.3) is 0 Å². The summed E-state index contributed by atoms with van der Waals surface area (Å²) in [5.41, 5.74) is 0.232. The molecule has 0 spiro atoms. The van der Waals surface area contributed by atoms with E-state index in [1.54, 1.807) is 11.9 Å². The van der Waals surface area contributed by atoms with Gasteiger partial charge >= 0.3 is 12.1 Å². The molecule has 31 heavy (non-hydrogen) atoms. The number of hydrogen-bond acceptors (Lipinski definition) is 4. The van der Waals surface area contributed by atoms with Gasteiger partial charge in [-0.25, -0.2) is 9.48 Å². The molecule has 0 bridgehead atoms. The number of hydrogen-bond donors (Lipinski definition) is 0. The summed E-state index contributed by atoms with van der Waals surface area (Å²) in [6.45, 7) is 0.999. The number of aromatic nitrogens is 3. The van der Waals surface area contributed by atoms with Crippen molar-refractivity contribution in [3.63, 3.8) is 0 Å². The number of halogens is 3. The van der Waals surface area contributed by atoms with Crippen LogP contribution in [-0.2, 0) is 7.05 Å². The number of carbonyl (C=O) groups is 1. The van der Waals surface area contributed by atoms with E-state index < -0.39 is 6.36 Å². The second-order valence-corrected chi connectivity index (χ2v) is 8.21. The Labute approximate surface area is 177 Å². The molecular weight excluding hydrogens is 413 g/mol. The SMILES string of the molecule is Cn1nc(C2CCN(C(=O)c3ccc(OC(F)(F)F)cc3)CC2)n(C2CCCC2)c1=O. The van der Waals surface area contributed by atoms with Crippen molar-refractivity contribution in [2.75, 3.05) is 13.1 Å². The average molecular weight is 438 g/mol. The largest absolute Gasteiger partial charge is 0.573 e. The van der Waals surface area contributed by atoms with Crippen molar-refractivity contribution in [1.82, 2.24) is 19.2 Å². The number of piperidine rings is 1. The van der Waals surface area contributed by atoms with Gasteiger partial charge in [-0.15, -0.1) is 13.2 Å². The molecule has 2 fully saturated rings. The molecule has 10 heteroatoms. The van der Waals surface area contributed by atoms with Gasteiger partial charge in [-0.3, -0.25) is 9.36 Å². The fourth-order valence-corrected chi connectivity index (χ4v) is 4.61. The van der Waals surface area contributed by atoms with E-state index in [1.807, 2.05) is 4.57 Å². The predicted octanol–water partition coefficient (Wildman–Crippen LogP) is 3.62. The highest BCUT2D eigenvalue weighted by Gasteiger charge is 2.33. The highest BCUT2D eigenvalue weighted by molar-refractivity contribution is 5.94. The quantitative estimate of drug-likeness (QED) is 0.731. The van der Waals surface area contributed by atoms with Gasteiger partial charge in [0, 0.05) is 37.7 Å². The van der Waals surface area contributed by atoms with E-state index in [9.17, 15) is 22.8 Å². The van der Waals surface area contributed by atoms with Crippen LogP contribution in [0.5, 0.6) is 5.75 Å². The first-order valence-corrected chi connectivity index (χ1v) is 10.5. The molecule has 2 aromatic rings. The van der Waals surface area contributed by atoms with Gasteiger partial charge in [0.2, 0.25) is 0 Å². The molecule has 1 saturated heterocycles. The van der Waals surface area contributed by atoms with E-state index >= 15 is 0 Å². The Hall–Kier alpha value is -2.78. The van der Waals surface area contributed by atoms with Crippen molar-refractivity contribution >= 4 is 5.91 Å². The lowest BCUT2D eigenvalue weighted by Crippen LogP contribution is -2.38. The van der Waals surface area contributed by atoms with Crippen LogP contribution < -0.4 is 10.4 Å². The van der Waals surface area contributed by atoms with E-state index in [4.69, 9.17) is 0 Å². The first kappa shape index (κ1) is 21.5. The van der Waals surface area contributed by atoms with Gasteiger partial charge in [0.05, 0.1) is 0 Å². The average Bonchev–Trinajstić information content (AvgIpc) is 3.35. The van der Waals surface area contributed by atoms with Crippen LogP contribution in [0.4, 0.5) is 13.2 Å². The van der Waals surface area contributed by atoms with Crippen LogP contribution >= 0.6 is 0 Å². The number of aryl methyl sites for hydroxylation is 1. The van der Waals surface area contributed by atoms with Crippen LogP contribution in [0.1, 0.15) is 66.7 Å². The fraction of sp³-hybridized carbons (Fsp3) is 0.571. The number of amides is 1. The van der Waals surface area contributed by atoms with Crippen LogP contribution in [0.15, 0.2) is 29.1 Å². The van der Waals surface area contributed by atoms with Gasteiger partial charge in [0.25, 0.3) is 5.91 Å². The third-order valence-electron chi connectivity index (χ3n) is 6.15. The van der Waals surface area contributed by atoms with Crippen molar-refractivity contribution in [3.05, 3.63) is 46.1 Å². The summed E-state index contributed by atoms with van der Waals surface area (Å²) in [4.78, 5) is 27.1. The summed E-state index contributed by atoms with van der Waals surface area (Å²) in [5, 5.41) is 4.50. The van der Waals surface area contributed by atoms with E-state index in [0.717, 1.165) is 43.6 Å². The number of likely N-dealkylation sites (tertiary alicyclic amines) is 1. The predicted molar refractivity (Wildman–Crippen MR) is 106 cm³/mol. The number of benzene rings is 1. The molecule has 0 atom stereocenters. The minimum absolute atomic E-state index is 0.0819. The number of carbonyl (C=O) groups excluding carboxylic acids is 1. The van der Waals surface area contributed by atoms with Crippen LogP contribution in [-0.4, -0.2) is 44.6 Å². The van der Waals surface area contributed by atoms with Gasteiger partial charge in [0.1, 0.15) is 11.6 Å². The van der Waals surface area contributed by atoms with Gasteiger partial charge in [-0.2, -0.15) is 5.10 Å². The van der Waals surface area contributed by atoms with Crippen molar-refractivity contribution in [3.8, 4) is 5.75 Å². The molecule has 168 valence electrons. The summed E-state index contributed by atoms with van der Waals surface area (Å²) in [6.07, 6.45) is 0.816. The number of ether oxygens (including phenoxy) is 1. The summed E-state index contributed by atoms with van der Waals surface area (Å²) in [5.74, 6) is 0.315. The minimum atomic E-state index is -4.77. The molecular formula is C21H25F3N4O3. The highest BCUT2D eigenvalue weighted by Crippen LogP contribution is 2.34. The second kappa shape index (κ2) is 8.39. The number of alkyl halides is 3. The van der Waals surface area contributed by atoms with E-state index in [2.05, 4.69) is 9.84 Å². The van der Waals surface area contributed by atoms with Gasteiger partial charge in [-0.1, -0.05) is 12.8 Å². The molecule has 0 unspecified atom stereocenters. The first-order valence-electron chi connectivity index (χ1n) is 10.5. The van der Waals surface area contributed by atoms with Gasteiger partial charge in [-0.05, 0) is 49.9 Å². The molecule has 0 N–H and O–H groups in total. The zero-order valence-corrected chi connectivity index (χ0v) is 17.3. The Balaban J connectivity index is 1.42. The zero-order chi connectivity index (χ0) is 22.2. The van der Waals surface area contributed by atoms with Crippen LogP contribution in [0, 0.1) is 0 Å². The summed E-state index contributed by atoms with van der Waals surface area (Å²) in [7, 11) is 1.67. The Kier molecular flexibility index (Phi) is 5.81. The minimum Gasteiger partial charge on any atom is -0.406 e. The maximum absolute atomic E-state index is 12.8. The lowest BCUT2D eigenvalue weighted by molar-refractivity contribution is -0.274. The molecule has 7 nitrogen and oxygen atoms in total. The Bertz CT molecular complexity index is 983. The molecule has 0 radical (unpaired) electrons. The molecule has 1 aromatic heterocycles. The Morgan fingerprint density at radius 1 is 1.06 bits per heavy atom. The van der Waals surface area contributed by atoms with Crippen molar-refractivity contribution < 1.29 is 22.7 Å². The second-order valence-electron chi connectivity index (χ2n) is 8.21. The van der Waals surface area contributed by atoms with Crippen molar-refractivity contribution in [2.24, 2.45) is 7.05 Å². The van der Waals surface area contributed by atoms with Gasteiger partial charge in [0.15, 0.2) is 0 Å². The first-order chi connectivity index (χ1) is 14.7. The third-order valence-corrected chi connectivity index (χ3v) is 6.15. The molecule has 2 heterocycles. The van der Waals surface area contributed by atoms with E-state index in [0.29, 0.717) is 31.5 Å². The summed E-state index contributed by atoms with van der Waals surface area (Å²) < 4.78 is 44.0. The van der Waals surface area contributed by atoms with Crippen LogP contribution in [0.2, 0.25) is 0 Å². The maximum Gasteiger partial charge on any atom is 0.573 e. The standard InChI is InChI=1S/C21H25F3N4O3/c1-26-20(30)28(16-4-2-3-5-16)18(25-26)14-10-12-27(13-11-14)19(29)15-6-8-17(9-7-15)31-21(22,23)24/h6-9,14,16H,2-5,10-13H2,1H3. The molecule has 4 rings (SSSR count).